The van der Waals surface area contributed by atoms with E-state index >= 15 is 0 Å². The first kappa shape index (κ1) is 14.5. The topological polar surface area (TPSA) is 52.5 Å². The predicted molar refractivity (Wildman–Crippen MR) is 84.2 cm³/mol. The molecule has 0 aliphatic carbocycles. The molecule has 3 heterocycles. The van der Waals surface area contributed by atoms with E-state index in [9.17, 15) is 0 Å². The van der Waals surface area contributed by atoms with Crippen LogP contribution in [0.25, 0.3) is 0 Å². The van der Waals surface area contributed by atoms with Gasteiger partial charge in [0.05, 0.1) is 19.8 Å². The summed E-state index contributed by atoms with van der Waals surface area (Å²) in [6.45, 7) is 3.66. The second-order valence-electron chi connectivity index (χ2n) is 5.75. The smallest absolute Gasteiger partial charge is 0.292 e. The minimum atomic E-state index is -0.252. The Kier molecular flexibility index (Phi) is 4.17. The molecule has 2 saturated heterocycles. The van der Waals surface area contributed by atoms with Crippen molar-refractivity contribution in [1.82, 2.24) is 4.90 Å². The van der Waals surface area contributed by atoms with Gasteiger partial charge in [0.2, 0.25) is 0 Å². The lowest BCUT2D eigenvalue weighted by Gasteiger charge is -2.23. The maximum atomic E-state index is 5.83. The van der Waals surface area contributed by atoms with Gasteiger partial charge in [0.25, 0.3) is 6.02 Å². The molecular formula is C17H20N2O4. The Morgan fingerprint density at radius 3 is 2.78 bits per heavy atom. The Hall–Kier alpha value is -2.05. The molecule has 0 bridgehead atoms. The zero-order chi connectivity index (χ0) is 15.5. The van der Waals surface area contributed by atoms with Crippen LogP contribution in [0.3, 0.4) is 0 Å². The van der Waals surface area contributed by atoms with Gasteiger partial charge in [-0.05, 0) is 24.6 Å². The third kappa shape index (κ3) is 3.33. The van der Waals surface area contributed by atoms with E-state index in [2.05, 4.69) is 9.89 Å². The molecule has 1 aromatic rings. The SMILES string of the molecule is C1=CN=C2O[C@H](COc3ccc(C4OCCCO4)cc3)CN2C1. The number of rotatable bonds is 4. The molecule has 0 unspecified atom stereocenters. The molecule has 0 spiro atoms. The molecule has 6 heteroatoms. The Labute approximate surface area is 135 Å². The van der Waals surface area contributed by atoms with E-state index in [0.717, 1.165) is 44.0 Å². The van der Waals surface area contributed by atoms with E-state index in [4.69, 9.17) is 18.9 Å². The summed E-state index contributed by atoms with van der Waals surface area (Å²) < 4.78 is 22.8. The van der Waals surface area contributed by atoms with Crippen LogP contribution in [-0.2, 0) is 14.2 Å². The number of ether oxygens (including phenoxy) is 4. The molecular weight excluding hydrogens is 296 g/mol. The van der Waals surface area contributed by atoms with Crippen molar-refractivity contribution in [1.29, 1.82) is 0 Å². The number of nitrogens with zero attached hydrogens (tertiary/aromatic N) is 2. The van der Waals surface area contributed by atoms with Crippen LogP contribution in [0.15, 0.2) is 41.5 Å². The third-order valence-corrected chi connectivity index (χ3v) is 4.00. The molecule has 122 valence electrons. The van der Waals surface area contributed by atoms with Crippen LogP contribution in [0.2, 0.25) is 0 Å². The van der Waals surface area contributed by atoms with E-state index < -0.39 is 0 Å². The second kappa shape index (κ2) is 6.60. The van der Waals surface area contributed by atoms with Gasteiger partial charge >= 0.3 is 0 Å². The lowest BCUT2D eigenvalue weighted by molar-refractivity contribution is -0.183. The molecule has 1 aromatic carbocycles. The van der Waals surface area contributed by atoms with Gasteiger partial charge in [0.1, 0.15) is 12.4 Å². The van der Waals surface area contributed by atoms with Crippen molar-refractivity contribution in [2.45, 2.75) is 18.8 Å². The quantitative estimate of drug-likeness (QED) is 0.851. The Balaban J connectivity index is 1.30. The zero-order valence-electron chi connectivity index (χ0n) is 12.9. The largest absolute Gasteiger partial charge is 0.490 e. The van der Waals surface area contributed by atoms with Crippen molar-refractivity contribution in [3.63, 3.8) is 0 Å². The van der Waals surface area contributed by atoms with E-state index in [1.807, 2.05) is 30.3 Å². The van der Waals surface area contributed by atoms with Crippen LogP contribution in [-0.4, -0.2) is 49.9 Å². The summed E-state index contributed by atoms with van der Waals surface area (Å²) >= 11 is 0. The lowest BCUT2D eigenvalue weighted by Crippen LogP contribution is -2.28. The van der Waals surface area contributed by atoms with Gasteiger partial charge in [-0.2, -0.15) is 0 Å². The average molecular weight is 316 g/mol. The number of amidine groups is 1. The fourth-order valence-electron chi connectivity index (χ4n) is 2.82. The molecule has 0 aromatic heterocycles. The highest BCUT2D eigenvalue weighted by Crippen LogP contribution is 2.25. The maximum absolute atomic E-state index is 5.83. The first-order valence-corrected chi connectivity index (χ1v) is 7.99. The number of hydrogen-bond acceptors (Lipinski definition) is 6. The molecule has 3 aliphatic heterocycles. The summed E-state index contributed by atoms with van der Waals surface area (Å²) in [4.78, 5) is 6.32. The number of aliphatic imine (C=N–C) groups is 1. The predicted octanol–water partition coefficient (Wildman–Crippen LogP) is 2.08. The third-order valence-electron chi connectivity index (χ3n) is 4.00. The number of fused-ring (bicyclic) bond motifs is 1. The van der Waals surface area contributed by atoms with Crippen molar-refractivity contribution in [2.24, 2.45) is 4.99 Å². The fraction of sp³-hybridized carbons (Fsp3) is 0.471. The van der Waals surface area contributed by atoms with Crippen molar-refractivity contribution >= 4 is 6.02 Å². The molecule has 23 heavy (non-hydrogen) atoms. The highest BCUT2D eigenvalue weighted by atomic mass is 16.7. The minimum Gasteiger partial charge on any atom is -0.490 e. The molecule has 6 nitrogen and oxygen atoms in total. The van der Waals surface area contributed by atoms with Gasteiger partial charge in [-0.3, -0.25) is 0 Å². The Bertz CT molecular complexity index is 593. The second-order valence-corrected chi connectivity index (χ2v) is 5.75. The highest BCUT2D eigenvalue weighted by Gasteiger charge is 2.30. The van der Waals surface area contributed by atoms with Crippen molar-refractivity contribution in [2.75, 3.05) is 32.9 Å². The first-order chi connectivity index (χ1) is 11.4. The van der Waals surface area contributed by atoms with Gasteiger partial charge < -0.3 is 23.8 Å². The van der Waals surface area contributed by atoms with Crippen LogP contribution >= 0.6 is 0 Å². The normalized spacial score (nSPS) is 24.1. The molecule has 0 saturated carbocycles. The van der Waals surface area contributed by atoms with Gasteiger partial charge in [0, 0.05) is 18.3 Å². The first-order valence-electron chi connectivity index (χ1n) is 7.99. The zero-order valence-corrected chi connectivity index (χ0v) is 12.9. The molecule has 1 atom stereocenters. The summed E-state index contributed by atoms with van der Waals surface area (Å²) in [6, 6.07) is 8.55. The Morgan fingerprint density at radius 1 is 1.17 bits per heavy atom. The summed E-state index contributed by atoms with van der Waals surface area (Å²) in [5, 5.41) is 0. The Morgan fingerprint density at radius 2 is 2.00 bits per heavy atom. The molecule has 0 amide bonds. The van der Waals surface area contributed by atoms with Crippen molar-refractivity contribution < 1.29 is 18.9 Å². The number of benzene rings is 1. The van der Waals surface area contributed by atoms with Crippen LogP contribution < -0.4 is 4.74 Å². The monoisotopic (exact) mass is 316 g/mol. The van der Waals surface area contributed by atoms with Crippen molar-refractivity contribution in [3.8, 4) is 5.75 Å². The molecule has 4 rings (SSSR count). The van der Waals surface area contributed by atoms with Crippen LogP contribution in [0.1, 0.15) is 18.3 Å². The van der Waals surface area contributed by atoms with Gasteiger partial charge in [-0.15, -0.1) is 0 Å². The number of hydrogen-bond donors (Lipinski definition) is 0. The van der Waals surface area contributed by atoms with Crippen LogP contribution in [0.5, 0.6) is 5.75 Å². The summed E-state index contributed by atoms with van der Waals surface area (Å²) in [5.74, 6) is 0.818. The summed E-state index contributed by atoms with van der Waals surface area (Å²) in [5.41, 5.74) is 1.02. The molecule has 0 N–H and O–H groups in total. The standard InChI is InChI=1S/C17H20N2O4/c1-7-18-17-19(8-1)11-15(23-17)12-22-14-5-3-13(4-6-14)16-20-9-2-10-21-16/h1,3-7,15-16H,2,8-12H2/t15-/m0/s1. The van der Waals surface area contributed by atoms with Gasteiger partial charge in [0.15, 0.2) is 12.4 Å². The lowest BCUT2D eigenvalue weighted by atomic mass is 10.2. The fourth-order valence-corrected chi connectivity index (χ4v) is 2.82. The molecule has 0 radical (unpaired) electrons. The minimum absolute atomic E-state index is 0.0123. The van der Waals surface area contributed by atoms with E-state index in [1.54, 1.807) is 6.20 Å². The van der Waals surface area contributed by atoms with Crippen LogP contribution in [0, 0.1) is 0 Å². The summed E-state index contributed by atoms with van der Waals surface area (Å²) in [7, 11) is 0. The average Bonchev–Trinajstić information content (AvgIpc) is 3.04. The van der Waals surface area contributed by atoms with Gasteiger partial charge in [-0.25, -0.2) is 4.99 Å². The van der Waals surface area contributed by atoms with Crippen molar-refractivity contribution in [3.05, 3.63) is 42.1 Å². The maximum Gasteiger partial charge on any atom is 0.292 e. The van der Waals surface area contributed by atoms with Gasteiger partial charge in [-0.1, -0.05) is 12.1 Å². The van der Waals surface area contributed by atoms with E-state index in [-0.39, 0.29) is 12.4 Å². The van der Waals surface area contributed by atoms with E-state index in [1.165, 1.54) is 0 Å². The molecule has 2 fully saturated rings. The highest BCUT2D eigenvalue weighted by molar-refractivity contribution is 5.77. The van der Waals surface area contributed by atoms with E-state index in [0.29, 0.717) is 12.6 Å². The van der Waals surface area contributed by atoms with Crippen LogP contribution in [0.4, 0.5) is 0 Å². The molecule has 3 aliphatic rings. The summed E-state index contributed by atoms with van der Waals surface area (Å²) in [6.07, 6.45) is 4.51.